The molecule has 6 heteroatoms. The Balaban J connectivity index is 1.75. The van der Waals surface area contributed by atoms with Crippen LogP contribution >= 0.6 is 11.6 Å². The SMILES string of the molecule is CC(CNC(=O)c1cncc(Cl)n1)CN1CCCCC1. The van der Waals surface area contributed by atoms with Crippen LogP contribution in [0.4, 0.5) is 0 Å². The highest BCUT2D eigenvalue weighted by molar-refractivity contribution is 6.29. The van der Waals surface area contributed by atoms with Crippen LogP contribution in [0.25, 0.3) is 0 Å². The molecule has 0 spiro atoms. The van der Waals surface area contributed by atoms with E-state index in [1.807, 2.05) is 0 Å². The minimum Gasteiger partial charge on any atom is -0.350 e. The lowest BCUT2D eigenvalue weighted by Crippen LogP contribution is -2.38. The second-order valence-corrected chi connectivity index (χ2v) is 5.79. The van der Waals surface area contributed by atoms with E-state index < -0.39 is 0 Å². The van der Waals surface area contributed by atoms with E-state index >= 15 is 0 Å². The zero-order chi connectivity index (χ0) is 14.4. The van der Waals surface area contributed by atoms with Crippen molar-refractivity contribution in [2.45, 2.75) is 26.2 Å². The molecule has 0 bridgehead atoms. The molecule has 1 atom stereocenters. The number of hydrogen-bond donors (Lipinski definition) is 1. The van der Waals surface area contributed by atoms with Crippen molar-refractivity contribution in [1.82, 2.24) is 20.2 Å². The van der Waals surface area contributed by atoms with Crippen molar-refractivity contribution in [2.24, 2.45) is 5.92 Å². The van der Waals surface area contributed by atoms with Gasteiger partial charge >= 0.3 is 0 Å². The van der Waals surface area contributed by atoms with Gasteiger partial charge in [0.1, 0.15) is 10.8 Å². The number of nitrogens with one attached hydrogen (secondary N) is 1. The summed E-state index contributed by atoms with van der Waals surface area (Å²) in [4.78, 5) is 22.2. The Bertz CT molecular complexity index is 449. The van der Waals surface area contributed by atoms with Crippen molar-refractivity contribution in [3.8, 4) is 0 Å². The number of carbonyl (C=O) groups excluding carboxylic acids is 1. The highest BCUT2D eigenvalue weighted by Crippen LogP contribution is 2.10. The van der Waals surface area contributed by atoms with Gasteiger partial charge in [0, 0.05) is 13.1 Å². The predicted octanol–water partition coefficient (Wildman–Crippen LogP) is 1.98. The first-order valence-corrected chi connectivity index (χ1v) is 7.51. The quantitative estimate of drug-likeness (QED) is 0.903. The highest BCUT2D eigenvalue weighted by atomic mass is 35.5. The van der Waals surface area contributed by atoms with E-state index in [0.717, 1.165) is 6.54 Å². The molecule has 2 rings (SSSR count). The normalized spacial score (nSPS) is 17.7. The third kappa shape index (κ3) is 4.72. The summed E-state index contributed by atoms with van der Waals surface area (Å²) < 4.78 is 0. The fourth-order valence-electron chi connectivity index (χ4n) is 2.46. The second kappa shape index (κ2) is 7.55. The van der Waals surface area contributed by atoms with Gasteiger partial charge in [-0.15, -0.1) is 0 Å². The molecule has 1 unspecified atom stereocenters. The molecule has 1 aliphatic heterocycles. The molecule has 110 valence electrons. The average Bonchev–Trinajstić information content (AvgIpc) is 2.46. The maximum absolute atomic E-state index is 11.9. The maximum atomic E-state index is 11.9. The molecule has 1 fully saturated rings. The first-order valence-electron chi connectivity index (χ1n) is 7.13. The van der Waals surface area contributed by atoms with Crippen molar-refractivity contribution in [2.75, 3.05) is 26.2 Å². The van der Waals surface area contributed by atoms with Crippen LogP contribution in [0.1, 0.15) is 36.7 Å². The zero-order valence-electron chi connectivity index (χ0n) is 11.8. The van der Waals surface area contributed by atoms with Crippen molar-refractivity contribution < 1.29 is 4.79 Å². The Hall–Kier alpha value is -1.20. The lowest BCUT2D eigenvalue weighted by Gasteiger charge is -2.29. The standard InChI is InChI=1S/C14H21ClN4O/c1-11(10-19-5-3-2-4-6-19)7-17-14(20)12-8-16-9-13(15)18-12/h8-9,11H,2-7,10H2,1H3,(H,17,20). The van der Waals surface area contributed by atoms with E-state index in [-0.39, 0.29) is 16.8 Å². The first kappa shape index (κ1) is 15.2. The van der Waals surface area contributed by atoms with Crippen LogP contribution in [0.2, 0.25) is 5.15 Å². The number of nitrogens with zero attached hydrogens (tertiary/aromatic N) is 3. The van der Waals surface area contributed by atoms with Crippen LogP contribution in [0.15, 0.2) is 12.4 Å². The number of hydrogen-bond acceptors (Lipinski definition) is 4. The lowest BCUT2D eigenvalue weighted by molar-refractivity contribution is 0.0937. The predicted molar refractivity (Wildman–Crippen MR) is 78.8 cm³/mol. The molecule has 0 aliphatic carbocycles. The van der Waals surface area contributed by atoms with Crippen LogP contribution in [0.3, 0.4) is 0 Å². The number of piperidine rings is 1. The highest BCUT2D eigenvalue weighted by Gasteiger charge is 2.15. The molecule has 1 amide bonds. The number of rotatable bonds is 5. The molecule has 20 heavy (non-hydrogen) atoms. The third-order valence-corrected chi connectivity index (χ3v) is 3.65. The molecule has 1 saturated heterocycles. The van der Waals surface area contributed by atoms with Gasteiger partial charge in [-0.2, -0.15) is 0 Å². The minimum absolute atomic E-state index is 0.217. The van der Waals surface area contributed by atoms with Crippen LogP contribution in [-0.4, -0.2) is 47.0 Å². The molecule has 0 saturated carbocycles. The summed E-state index contributed by atoms with van der Waals surface area (Å²) in [5, 5.41) is 3.12. The third-order valence-electron chi connectivity index (χ3n) is 3.47. The topological polar surface area (TPSA) is 58.1 Å². The Morgan fingerprint density at radius 2 is 2.15 bits per heavy atom. The molecule has 1 N–H and O–H groups in total. The molecule has 2 heterocycles. The van der Waals surface area contributed by atoms with Crippen molar-refractivity contribution in [3.05, 3.63) is 23.2 Å². The van der Waals surface area contributed by atoms with Gasteiger partial charge in [0.25, 0.3) is 5.91 Å². The van der Waals surface area contributed by atoms with Crippen molar-refractivity contribution in [3.63, 3.8) is 0 Å². The molecule has 0 aromatic carbocycles. The van der Waals surface area contributed by atoms with Gasteiger partial charge in [0.05, 0.1) is 12.4 Å². The van der Waals surface area contributed by atoms with Crippen LogP contribution in [0, 0.1) is 5.92 Å². The number of likely N-dealkylation sites (tertiary alicyclic amines) is 1. The van der Waals surface area contributed by atoms with Gasteiger partial charge in [-0.25, -0.2) is 4.98 Å². The van der Waals surface area contributed by atoms with Crippen LogP contribution in [-0.2, 0) is 0 Å². The van der Waals surface area contributed by atoms with E-state index in [9.17, 15) is 4.79 Å². The molecule has 5 nitrogen and oxygen atoms in total. The first-order chi connectivity index (χ1) is 9.65. The van der Waals surface area contributed by atoms with Gasteiger partial charge < -0.3 is 10.2 Å². The number of aromatic nitrogens is 2. The summed E-state index contributed by atoms with van der Waals surface area (Å²) >= 11 is 5.72. The van der Waals surface area contributed by atoms with E-state index in [2.05, 4.69) is 27.1 Å². The van der Waals surface area contributed by atoms with E-state index in [4.69, 9.17) is 11.6 Å². The van der Waals surface area contributed by atoms with Gasteiger partial charge in [0.15, 0.2) is 0 Å². The Morgan fingerprint density at radius 3 is 2.85 bits per heavy atom. The summed E-state index contributed by atoms with van der Waals surface area (Å²) in [5.41, 5.74) is 0.266. The summed E-state index contributed by atoms with van der Waals surface area (Å²) in [6.45, 7) is 6.18. The zero-order valence-corrected chi connectivity index (χ0v) is 12.6. The van der Waals surface area contributed by atoms with E-state index in [1.165, 1.54) is 44.7 Å². The van der Waals surface area contributed by atoms with Gasteiger partial charge in [-0.1, -0.05) is 24.9 Å². The molecule has 0 radical (unpaired) electrons. The van der Waals surface area contributed by atoms with Gasteiger partial charge in [-0.3, -0.25) is 9.78 Å². The summed E-state index contributed by atoms with van der Waals surface area (Å²) in [6.07, 6.45) is 6.76. The summed E-state index contributed by atoms with van der Waals surface area (Å²) in [6, 6.07) is 0. The molecule has 1 aromatic heterocycles. The number of carbonyl (C=O) groups is 1. The Kier molecular flexibility index (Phi) is 5.73. The summed E-state index contributed by atoms with van der Waals surface area (Å²) in [5.74, 6) is 0.203. The van der Waals surface area contributed by atoms with Crippen LogP contribution in [0.5, 0.6) is 0 Å². The van der Waals surface area contributed by atoms with Crippen LogP contribution < -0.4 is 5.32 Å². The fraction of sp³-hybridized carbons (Fsp3) is 0.643. The van der Waals surface area contributed by atoms with Gasteiger partial charge in [0.2, 0.25) is 0 Å². The Morgan fingerprint density at radius 1 is 1.40 bits per heavy atom. The lowest BCUT2D eigenvalue weighted by atomic mass is 10.1. The molecule has 1 aromatic rings. The van der Waals surface area contributed by atoms with E-state index in [1.54, 1.807) is 0 Å². The largest absolute Gasteiger partial charge is 0.350 e. The van der Waals surface area contributed by atoms with Crippen molar-refractivity contribution in [1.29, 1.82) is 0 Å². The average molecular weight is 297 g/mol. The fourth-order valence-corrected chi connectivity index (χ4v) is 2.60. The molecule has 1 aliphatic rings. The summed E-state index contributed by atoms with van der Waals surface area (Å²) in [7, 11) is 0. The molecular weight excluding hydrogens is 276 g/mol. The monoisotopic (exact) mass is 296 g/mol. The number of halogens is 1. The van der Waals surface area contributed by atoms with E-state index in [0.29, 0.717) is 12.5 Å². The maximum Gasteiger partial charge on any atom is 0.271 e. The minimum atomic E-state index is -0.217. The van der Waals surface area contributed by atoms with Crippen molar-refractivity contribution >= 4 is 17.5 Å². The second-order valence-electron chi connectivity index (χ2n) is 5.40. The smallest absolute Gasteiger partial charge is 0.271 e. The Labute approximate surface area is 124 Å². The van der Waals surface area contributed by atoms with Gasteiger partial charge in [-0.05, 0) is 31.8 Å². The number of amides is 1. The molecular formula is C14H21ClN4O.